The summed E-state index contributed by atoms with van der Waals surface area (Å²) in [6.07, 6.45) is -0.501. The van der Waals surface area contributed by atoms with Gasteiger partial charge in [-0.05, 0) is 33.8 Å². The number of furan rings is 1. The van der Waals surface area contributed by atoms with Crippen LogP contribution in [-0.4, -0.2) is 24.2 Å². The zero-order chi connectivity index (χ0) is 21.2. The molecule has 3 N–H and O–H groups in total. The SMILES string of the molecule is N[C@@H](CCOC(F)F)C(F)(F)c1oc2c(NCc3cccs3)cc(Cl)nc2c1Br. The Labute approximate surface area is 180 Å². The maximum Gasteiger partial charge on any atom is 0.345 e. The van der Waals surface area contributed by atoms with E-state index in [4.69, 9.17) is 21.8 Å². The van der Waals surface area contributed by atoms with Crippen molar-refractivity contribution in [2.45, 2.75) is 31.5 Å². The fourth-order valence-corrected chi connectivity index (χ4v) is 4.04. The van der Waals surface area contributed by atoms with Crippen LogP contribution in [0.4, 0.5) is 23.2 Å². The van der Waals surface area contributed by atoms with E-state index in [-0.39, 0.29) is 20.7 Å². The molecule has 0 spiro atoms. The Balaban J connectivity index is 1.90. The van der Waals surface area contributed by atoms with Crippen LogP contribution in [0.25, 0.3) is 11.1 Å². The molecule has 0 bridgehead atoms. The summed E-state index contributed by atoms with van der Waals surface area (Å²) in [7, 11) is 0. The first-order valence-corrected chi connectivity index (χ1v) is 10.3. The van der Waals surface area contributed by atoms with Crippen LogP contribution in [0.3, 0.4) is 0 Å². The third kappa shape index (κ3) is 5.02. The number of thiophene rings is 1. The molecular weight excluding hydrogens is 502 g/mol. The van der Waals surface area contributed by atoms with E-state index in [1.807, 2.05) is 17.5 Å². The monoisotopic (exact) mass is 515 g/mol. The van der Waals surface area contributed by atoms with E-state index >= 15 is 0 Å². The highest BCUT2D eigenvalue weighted by Crippen LogP contribution is 2.44. The lowest BCUT2D eigenvalue weighted by molar-refractivity contribution is -0.137. The van der Waals surface area contributed by atoms with Crippen LogP contribution in [0.5, 0.6) is 0 Å². The molecular formula is C17H15BrClF4N3O2S. The van der Waals surface area contributed by atoms with Crippen molar-refractivity contribution in [2.75, 3.05) is 11.9 Å². The van der Waals surface area contributed by atoms with Crippen molar-refractivity contribution in [3.8, 4) is 0 Å². The lowest BCUT2D eigenvalue weighted by atomic mass is 10.1. The van der Waals surface area contributed by atoms with Crippen LogP contribution in [0.1, 0.15) is 17.1 Å². The van der Waals surface area contributed by atoms with Gasteiger partial charge in [-0.15, -0.1) is 11.3 Å². The topological polar surface area (TPSA) is 73.3 Å². The van der Waals surface area contributed by atoms with Gasteiger partial charge in [0.05, 0.1) is 22.8 Å². The highest BCUT2D eigenvalue weighted by atomic mass is 79.9. The van der Waals surface area contributed by atoms with Crippen molar-refractivity contribution in [1.29, 1.82) is 0 Å². The summed E-state index contributed by atoms with van der Waals surface area (Å²) in [6.45, 7) is -3.25. The van der Waals surface area contributed by atoms with E-state index in [0.29, 0.717) is 12.2 Å². The number of pyridine rings is 1. The summed E-state index contributed by atoms with van der Waals surface area (Å²) < 4.78 is 63.1. The lowest BCUT2D eigenvalue weighted by Crippen LogP contribution is -2.39. The molecule has 0 saturated heterocycles. The summed E-state index contributed by atoms with van der Waals surface area (Å²) >= 11 is 10.6. The smallest absolute Gasteiger partial charge is 0.345 e. The van der Waals surface area contributed by atoms with Crippen molar-refractivity contribution >= 4 is 55.7 Å². The molecule has 0 radical (unpaired) electrons. The normalized spacial score (nSPS) is 13.4. The Bertz CT molecular complexity index is 971. The van der Waals surface area contributed by atoms with Gasteiger partial charge in [-0.2, -0.15) is 17.6 Å². The molecule has 0 aliphatic rings. The number of alkyl halides is 4. The number of ether oxygens (including phenoxy) is 1. The van der Waals surface area contributed by atoms with Crippen LogP contribution < -0.4 is 11.1 Å². The summed E-state index contributed by atoms with van der Waals surface area (Å²) in [4.78, 5) is 5.07. The van der Waals surface area contributed by atoms with Crippen LogP contribution in [-0.2, 0) is 17.2 Å². The molecule has 12 heteroatoms. The highest BCUT2D eigenvalue weighted by Gasteiger charge is 2.45. The van der Waals surface area contributed by atoms with Gasteiger partial charge in [0.25, 0.3) is 0 Å². The van der Waals surface area contributed by atoms with Crippen LogP contribution in [0.15, 0.2) is 32.5 Å². The number of anilines is 1. The zero-order valence-corrected chi connectivity index (χ0v) is 17.8. The predicted molar refractivity (Wildman–Crippen MR) is 107 cm³/mol. The molecule has 0 amide bonds. The van der Waals surface area contributed by atoms with E-state index < -0.39 is 37.4 Å². The highest BCUT2D eigenvalue weighted by molar-refractivity contribution is 9.10. The number of nitrogens with one attached hydrogen (secondary N) is 1. The maximum atomic E-state index is 14.8. The summed E-state index contributed by atoms with van der Waals surface area (Å²) in [5.41, 5.74) is 6.08. The van der Waals surface area contributed by atoms with Gasteiger partial charge in [-0.3, -0.25) is 0 Å². The van der Waals surface area contributed by atoms with Gasteiger partial charge in [0.15, 0.2) is 11.3 Å². The minimum Gasteiger partial charge on any atom is -0.449 e. The number of rotatable bonds is 9. The molecule has 3 heterocycles. The third-order valence-corrected chi connectivity index (χ3v) is 5.83. The molecule has 3 aromatic rings. The standard InChI is InChI=1S/C17H15BrClF4N3O2S/c18-12-13-14(9(6-11(19)26-13)25-7-8-2-1-5-29-8)28-15(12)17(22,23)10(24)3-4-27-16(20)21/h1-2,5-6,10,16H,3-4,7,24H2,(H,25,26)/t10-/m0/s1. The molecule has 1 atom stereocenters. The van der Waals surface area contributed by atoms with Crippen molar-refractivity contribution in [3.05, 3.63) is 43.8 Å². The average molecular weight is 517 g/mol. The second-order valence-corrected chi connectivity index (χ2v) is 8.21. The Morgan fingerprint density at radius 2 is 2.17 bits per heavy atom. The van der Waals surface area contributed by atoms with Gasteiger partial charge >= 0.3 is 12.5 Å². The van der Waals surface area contributed by atoms with Gasteiger partial charge in [-0.25, -0.2) is 4.98 Å². The van der Waals surface area contributed by atoms with Gasteiger partial charge in [0, 0.05) is 17.5 Å². The Kier molecular flexibility index (Phi) is 7.05. The van der Waals surface area contributed by atoms with Crippen molar-refractivity contribution < 1.29 is 26.7 Å². The Morgan fingerprint density at radius 3 is 2.83 bits per heavy atom. The van der Waals surface area contributed by atoms with Crippen LogP contribution in [0.2, 0.25) is 5.15 Å². The summed E-state index contributed by atoms with van der Waals surface area (Å²) in [5, 5.41) is 5.08. The van der Waals surface area contributed by atoms with E-state index in [2.05, 4.69) is 31.0 Å². The maximum absolute atomic E-state index is 14.8. The molecule has 0 aromatic carbocycles. The van der Waals surface area contributed by atoms with E-state index in [9.17, 15) is 17.6 Å². The molecule has 0 fully saturated rings. The van der Waals surface area contributed by atoms with Crippen molar-refractivity contribution in [1.82, 2.24) is 4.98 Å². The van der Waals surface area contributed by atoms with Gasteiger partial charge in [0.1, 0.15) is 10.7 Å². The molecule has 0 unspecified atom stereocenters. The molecule has 29 heavy (non-hydrogen) atoms. The number of hydrogen-bond donors (Lipinski definition) is 2. The molecule has 5 nitrogen and oxygen atoms in total. The number of aromatic nitrogens is 1. The van der Waals surface area contributed by atoms with Crippen LogP contribution in [0, 0.1) is 0 Å². The lowest BCUT2D eigenvalue weighted by Gasteiger charge is -2.21. The van der Waals surface area contributed by atoms with Gasteiger partial charge in [-0.1, -0.05) is 17.7 Å². The summed E-state index contributed by atoms with van der Waals surface area (Å²) in [6, 6.07) is 3.45. The average Bonchev–Trinajstić information content (AvgIpc) is 3.28. The molecule has 0 aliphatic carbocycles. The first-order chi connectivity index (χ1) is 13.7. The number of nitrogens with zero attached hydrogens (tertiary/aromatic N) is 1. The zero-order valence-electron chi connectivity index (χ0n) is 14.6. The van der Waals surface area contributed by atoms with Crippen LogP contribution >= 0.6 is 38.9 Å². The van der Waals surface area contributed by atoms with E-state index in [0.717, 1.165) is 4.88 Å². The van der Waals surface area contributed by atoms with E-state index in [1.165, 1.54) is 17.4 Å². The fourth-order valence-electron chi connectivity index (χ4n) is 2.58. The predicted octanol–water partition coefficient (Wildman–Crippen LogP) is 5.97. The number of fused-ring (bicyclic) bond motifs is 1. The Morgan fingerprint density at radius 1 is 1.41 bits per heavy atom. The van der Waals surface area contributed by atoms with Gasteiger partial charge < -0.3 is 20.2 Å². The largest absolute Gasteiger partial charge is 0.449 e. The quantitative estimate of drug-likeness (QED) is 0.271. The molecule has 0 aliphatic heterocycles. The fraction of sp³-hybridized carbons (Fsp3) is 0.353. The minimum atomic E-state index is -3.66. The minimum absolute atomic E-state index is 0.0727. The van der Waals surface area contributed by atoms with Crippen molar-refractivity contribution in [3.63, 3.8) is 0 Å². The number of hydrogen-bond acceptors (Lipinski definition) is 6. The first kappa shape index (κ1) is 22.3. The first-order valence-electron chi connectivity index (χ1n) is 8.28. The second-order valence-electron chi connectivity index (χ2n) is 6.00. The van der Waals surface area contributed by atoms with E-state index in [1.54, 1.807) is 0 Å². The molecule has 0 saturated carbocycles. The second kappa shape index (κ2) is 9.17. The summed E-state index contributed by atoms with van der Waals surface area (Å²) in [5.74, 6) is -4.42. The molecule has 158 valence electrons. The Hall–Kier alpha value is -1.40. The molecule has 3 aromatic heterocycles. The van der Waals surface area contributed by atoms with Gasteiger partial charge in [0.2, 0.25) is 0 Å². The third-order valence-electron chi connectivity index (χ3n) is 4.03. The number of nitrogens with two attached hydrogens (primary N) is 1. The molecule has 3 rings (SSSR count). The number of halogens is 6. The van der Waals surface area contributed by atoms with Crippen molar-refractivity contribution in [2.24, 2.45) is 5.73 Å².